The highest BCUT2D eigenvalue weighted by Crippen LogP contribution is 2.21. The van der Waals surface area contributed by atoms with Gasteiger partial charge in [0.2, 0.25) is 0 Å². The van der Waals surface area contributed by atoms with E-state index in [-0.39, 0.29) is 5.91 Å². The number of hydrogen-bond donors (Lipinski definition) is 1. The molecule has 1 N–H and O–H groups in total. The Hall–Kier alpha value is -0.140. The van der Waals surface area contributed by atoms with E-state index in [0.29, 0.717) is 0 Å². The van der Waals surface area contributed by atoms with E-state index in [9.17, 15) is 4.79 Å². The van der Waals surface area contributed by atoms with Crippen molar-refractivity contribution in [3.05, 3.63) is 19.9 Å². The topological polar surface area (TPSA) is 32.3 Å². The first-order valence-electron chi connectivity index (χ1n) is 5.88. The Bertz CT molecular complexity index is 386. The standard InChI is InChI=1S/C12H17IN2OS/c1-14-7-9-2-4-15(5-3-9)12(16)10-6-11(13)17-8-10/h6,8-9,14H,2-5,7H2,1H3. The Kier molecular flexibility index (Phi) is 4.81. The van der Waals surface area contributed by atoms with Crippen molar-refractivity contribution in [1.29, 1.82) is 0 Å². The van der Waals surface area contributed by atoms with Crippen LogP contribution >= 0.6 is 33.9 Å². The first-order valence-corrected chi connectivity index (χ1v) is 7.84. The first-order chi connectivity index (χ1) is 8.20. The number of amides is 1. The van der Waals surface area contributed by atoms with Gasteiger partial charge in [-0.25, -0.2) is 0 Å². The number of carbonyl (C=O) groups excluding carboxylic acids is 1. The van der Waals surface area contributed by atoms with E-state index in [4.69, 9.17) is 0 Å². The fraction of sp³-hybridized carbons (Fsp3) is 0.583. The summed E-state index contributed by atoms with van der Waals surface area (Å²) in [5, 5.41) is 5.18. The van der Waals surface area contributed by atoms with Crippen molar-refractivity contribution in [3.63, 3.8) is 0 Å². The van der Waals surface area contributed by atoms with Crippen LogP contribution in [0.15, 0.2) is 11.4 Å². The molecule has 1 aliphatic rings. The Balaban J connectivity index is 1.90. The van der Waals surface area contributed by atoms with Crippen molar-refractivity contribution in [2.24, 2.45) is 5.92 Å². The summed E-state index contributed by atoms with van der Waals surface area (Å²) in [5.41, 5.74) is 0.853. The predicted octanol–water partition coefficient (Wildman–Crippen LogP) is 2.42. The molecule has 0 aromatic carbocycles. The summed E-state index contributed by atoms with van der Waals surface area (Å²) in [6.45, 7) is 2.87. The highest BCUT2D eigenvalue weighted by atomic mass is 127. The molecule has 2 rings (SSSR count). The number of carbonyl (C=O) groups is 1. The van der Waals surface area contributed by atoms with Crippen LogP contribution in [0.4, 0.5) is 0 Å². The molecule has 1 fully saturated rings. The summed E-state index contributed by atoms with van der Waals surface area (Å²) < 4.78 is 1.18. The molecule has 1 saturated heterocycles. The summed E-state index contributed by atoms with van der Waals surface area (Å²) in [6, 6.07) is 1.98. The van der Waals surface area contributed by atoms with Crippen LogP contribution in [0.1, 0.15) is 23.2 Å². The Morgan fingerprint density at radius 2 is 2.29 bits per heavy atom. The smallest absolute Gasteiger partial charge is 0.254 e. The zero-order chi connectivity index (χ0) is 12.3. The maximum Gasteiger partial charge on any atom is 0.254 e. The minimum atomic E-state index is 0.201. The number of nitrogens with one attached hydrogen (secondary N) is 1. The Labute approximate surface area is 120 Å². The van der Waals surface area contributed by atoms with Gasteiger partial charge < -0.3 is 10.2 Å². The van der Waals surface area contributed by atoms with Crippen LogP contribution in [0.25, 0.3) is 0 Å². The highest BCUT2D eigenvalue weighted by Gasteiger charge is 2.23. The van der Waals surface area contributed by atoms with Crippen molar-refractivity contribution < 1.29 is 4.79 Å². The number of piperidine rings is 1. The number of nitrogens with zero attached hydrogens (tertiary/aromatic N) is 1. The number of likely N-dealkylation sites (tertiary alicyclic amines) is 1. The lowest BCUT2D eigenvalue weighted by Gasteiger charge is -2.31. The van der Waals surface area contributed by atoms with E-state index in [1.54, 1.807) is 11.3 Å². The summed E-state index contributed by atoms with van der Waals surface area (Å²) >= 11 is 3.89. The van der Waals surface area contributed by atoms with Crippen molar-refractivity contribution in [2.45, 2.75) is 12.8 Å². The zero-order valence-electron chi connectivity index (χ0n) is 9.91. The van der Waals surface area contributed by atoms with Crippen molar-refractivity contribution in [2.75, 3.05) is 26.7 Å². The SMILES string of the molecule is CNCC1CCN(C(=O)c2csc(I)c2)CC1. The Morgan fingerprint density at radius 3 is 2.82 bits per heavy atom. The number of thiophene rings is 1. The molecule has 17 heavy (non-hydrogen) atoms. The van der Waals surface area contributed by atoms with Gasteiger partial charge in [-0.05, 0) is 61.0 Å². The maximum absolute atomic E-state index is 12.2. The molecule has 5 heteroatoms. The lowest BCUT2D eigenvalue weighted by Crippen LogP contribution is -2.40. The van der Waals surface area contributed by atoms with Crippen LogP contribution in [0.2, 0.25) is 0 Å². The van der Waals surface area contributed by atoms with Crippen LogP contribution < -0.4 is 5.32 Å². The average Bonchev–Trinajstić information content (AvgIpc) is 2.76. The predicted molar refractivity (Wildman–Crippen MR) is 79.6 cm³/mol. The molecule has 1 aliphatic heterocycles. The second kappa shape index (κ2) is 6.15. The molecule has 0 atom stereocenters. The van der Waals surface area contributed by atoms with E-state index in [2.05, 4.69) is 27.9 Å². The van der Waals surface area contributed by atoms with Gasteiger partial charge in [0.05, 0.1) is 8.45 Å². The maximum atomic E-state index is 12.2. The monoisotopic (exact) mass is 364 g/mol. The van der Waals surface area contributed by atoms with Gasteiger partial charge >= 0.3 is 0 Å². The minimum absolute atomic E-state index is 0.201. The molecule has 0 spiro atoms. The molecule has 1 amide bonds. The molecule has 1 aromatic rings. The van der Waals surface area contributed by atoms with Crippen molar-refractivity contribution in [1.82, 2.24) is 10.2 Å². The molecule has 0 unspecified atom stereocenters. The lowest BCUT2D eigenvalue weighted by molar-refractivity contribution is 0.0691. The van der Waals surface area contributed by atoms with Gasteiger partial charge in [0, 0.05) is 18.5 Å². The third-order valence-corrected chi connectivity index (χ3v) is 5.00. The largest absolute Gasteiger partial charge is 0.339 e. The van der Waals surface area contributed by atoms with E-state index < -0.39 is 0 Å². The molecule has 0 saturated carbocycles. The van der Waals surface area contributed by atoms with E-state index in [1.807, 2.05) is 23.4 Å². The lowest BCUT2D eigenvalue weighted by atomic mass is 9.96. The summed E-state index contributed by atoms with van der Waals surface area (Å²) in [7, 11) is 1.99. The second-order valence-corrected chi connectivity index (χ2v) is 7.24. The Morgan fingerprint density at radius 1 is 1.59 bits per heavy atom. The summed E-state index contributed by atoms with van der Waals surface area (Å²) in [6.07, 6.45) is 2.24. The van der Waals surface area contributed by atoms with Gasteiger partial charge in [-0.1, -0.05) is 0 Å². The normalized spacial score (nSPS) is 17.4. The molecular weight excluding hydrogens is 347 g/mol. The molecule has 2 heterocycles. The summed E-state index contributed by atoms with van der Waals surface area (Å²) in [4.78, 5) is 14.2. The van der Waals surface area contributed by atoms with Crippen LogP contribution in [0.3, 0.4) is 0 Å². The molecule has 1 aromatic heterocycles. The van der Waals surface area contributed by atoms with Crippen LogP contribution in [-0.2, 0) is 0 Å². The fourth-order valence-electron chi connectivity index (χ4n) is 2.23. The first kappa shape index (κ1) is 13.3. The zero-order valence-corrected chi connectivity index (χ0v) is 12.9. The van der Waals surface area contributed by atoms with Gasteiger partial charge in [0.15, 0.2) is 0 Å². The van der Waals surface area contributed by atoms with Gasteiger partial charge in [0.25, 0.3) is 5.91 Å². The third kappa shape index (κ3) is 3.42. The minimum Gasteiger partial charge on any atom is -0.339 e. The third-order valence-electron chi connectivity index (χ3n) is 3.21. The van der Waals surface area contributed by atoms with Crippen molar-refractivity contribution >= 4 is 39.8 Å². The van der Waals surface area contributed by atoms with Crippen LogP contribution in [-0.4, -0.2) is 37.5 Å². The molecule has 3 nitrogen and oxygen atoms in total. The molecule has 0 bridgehead atoms. The summed E-state index contributed by atoms with van der Waals surface area (Å²) in [5.74, 6) is 0.929. The van der Waals surface area contributed by atoms with E-state index in [0.717, 1.165) is 44.0 Å². The van der Waals surface area contributed by atoms with Gasteiger partial charge in [0.1, 0.15) is 0 Å². The van der Waals surface area contributed by atoms with E-state index in [1.165, 1.54) is 2.88 Å². The van der Waals surface area contributed by atoms with Crippen LogP contribution in [0.5, 0.6) is 0 Å². The molecular formula is C12H17IN2OS. The molecule has 0 radical (unpaired) electrons. The van der Waals surface area contributed by atoms with Crippen LogP contribution in [0, 0.1) is 8.80 Å². The van der Waals surface area contributed by atoms with Crippen molar-refractivity contribution in [3.8, 4) is 0 Å². The van der Waals surface area contributed by atoms with E-state index >= 15 is 0 Å². The quantitative estimate of drug-likeness (QED) is 0.836. The van der Waals surface area contributed by atoms with Gasteiger partial charge in [-0.3, -0.25) is 4.79 Å². The number of hydrogen-bond acceptors (Lipinski definition) is 3. The molecule has 0 aliphatic carbocycles. The number of halogens is 1. The highest BCUT2D eigenvalue weighted by molar-refractivity contribution is 14.1. The number of rotatable bonds is 3. The molecule has 94 valence electrons. The fourth-order valence-corrected chi connectivity index (χ4v) is 3.55. The van der Waals surface area contributed by atoms with Gasteiger partial charge in [-0.2, -0.15) is 0 Å². The average molecular weight is 364 g/mol. The second-order valence-electron chi connectivity index (χ2n) is 4.43. The van der Waals surface area contributed by atoms with Gasteiger partial charge in [-0.15, -0.1) is 11.3 Å².